The Hall–Kier alpha value is -2.24. The second-order valence-electron chi connectivity index (χ2n) is 5.38. The molecule has 6 nitrogen and oxygen atoms in total. The van der Waals surface area contributed by atoms with Gasteiger partial charge in [-0.1, -0.05) is 0 Å². The lowest BCUT2D eigenvalue weighted by Gasteiger charge is -2.18. The first-order valence-electron chi connectivity index (χ1n) is 7.01. The summed E-state index contributed by atoms with van der Waals surface area (Å²) >= 11 is 0. The van der Waals surface area contributed by atoms with E-state index in [0.717, 1.165) is 11.4 Å². The van der Waals surface area contributed by atoms with Crippen molar-refractivity contribution in [3.63, 3.8) is 0 Å². The molecule has 1 aliphatic rings. The number of nitrogens with zero attached hydrogens (tertiary/aromatic N) is 1. The van der Waals surface area contributed by atoms with Gasteiger partial charge in [-0.25, -0.2) is 4.79 Å². The van der Waals surface area contributed by atoms with E-state index >= 15 is 0 Å². The fourth-order valence-corrected chi connectivity index (χ4v) is 2.31. The second-order valence-corrected chi connectivity index (χ2v) is 5.38. The van der Waals surface area contributed by atoms with E-state index < -0.39 is 0 Å². The number of nitrogens with one attached hydrogen (secondary N) is 2. The van der Waals surface area contributed by atoms with E-state index in [0.29, 0.717) is 13.0 Å². The molecule has 1 aliphatic heterocycles. The first-order valence-corrected chi connectivity index (χ1v) is 7.01. The maximum Gasteiger partial charge on any atom is 0.315 e. The minimum absolute atomic E-state index is 0.00927. The van der Waals surface area contributed by atoms with Crippen LogP contribution in [0.1, 0.15) is 20.3 Å². The second kappa shape index (κ2) is 6.47. The van der Waals surface area contributed by atoms with E-state index in [-0.39, 0.29) is 24.0 Å². The number of amides is 3. The van der Waals surface area contributed by atoms with Crippen molar-refractivity contribution in [1.29, 1.82) is 0 Å². The zero-order valence-corrected chi connectivity index (χ0v) is 12.6. The number of rotatable bonds is 4. The molecular formula is C15H21N3O3. The standard InChI is InChI=1S/C15H21N3O3/c1-10(2)16-15(20)17-11-8-14(19)18(9-11)12-4-6-13(21-3)7-5-12/h4-7,10-11H,8-9H2,1-3H3,(H2,16,17,20). The topological polar surface area (TPSA) is 70.7 Å². The fourth-order valence-electron chi connectivity index (χ4n) is 2.31. The molecule has 3 amide bonds. The minimum Gasteiger partial charge on any atom is -0.497 e. The van der Waals surface area contributed by atoms with Gasteiger partial charge in [0.05, 0.1) is 13.2 Å². The molecule has 1 aromatic rings. The van der Waals surface area contributed by atoms with E-state index in [1.54, 1.807) is 12.0 Å². The summed E-state index contributed by atoms with van der Waals surface area (Å²) in [5, 5.41) is 5.58. The van der Waals surface area contributed by atoms with E-state index in [2.05, 4.69) is 10.6 Å². The van der Waals surface area contributed by atoms with Gasteiger partial charge in [-0.3, -0.25) is 4.79 Å². The summed E-state index contributed by atoms with van der Waals surface area (Å²) in [5.74, 6) is 0.756. The third-order valence-electron chi connectivity index (χ3n) is 3.26. The van der Waals surface area contributed by atoms with Crippen molar-refractivity contribution in [1.82, 2.24) is 10.6 Å². The molecule has 0 saturated carbocycles. The molecule has 6 heteroatoms. The Morgan fingerprint density at radius 2 is 2.00 bits per heavy atom. The molecule has 21 heavy (non-hydrogen) atoms. The number of methoxy groups -OCH3 is 1. The number of carbonyl (C=O) groups excluding carboxylic acids is 2. The first kappa shape index (κ1) is 15.2. The summed E-state index contributed by atoms with van der Waals surface area (Å²) < 4.78 is 5.10. The molecule has 0 aromatic heterocycles. The smallest absolute Gasteiger partial charge is 0.315 e. The average Bonchev–Trinajstić information content (AvgIpc) is 2.78. The Balaban J connectivity index is 1.97. The van der Waals surface area contributed by atoms with Gasteiger partial charge in [0.25, 0.3) is 0 Å². The molecule has 1 aromatic carbocycles. The van der Waals surface area contributed by atoms with Gasteiger partial charge in [0.15, 0.2) is 0 Å². The Kier molecular flexibility index (Phi) is 4.67. The Morgan fingerprint density at radius 1 is 1.33 bits per heavy atom. The molecule has 1 fully saturated rings. The lowest BCUT2D eigenvalue weighted by atomic mass is 10.2. The zero-order valence-electron chi connectivity index (χ0n) is 12.6. The van der Waals surface area contributed by atoms with E-state index in [9.17, 15) is 9.59 Å². The first-order chi connectivity index (χ1) is 9.99. The van der Waals surface area contributed by atoms with Crippen molar-refractivity contribution in [3.05, 3.63) is 24.3 Å². The van der Waals surface area contributed by atoms with Crippen LogP contribution in [0.15, 0.2) is 24.3 Å². The highest BCUT2D eigenvalue weighted by atomic mass is 16.5. The van der Waals surface area contributed by atoms with Crippen molar-refractivity contribution < 1.29 is 14.3 Å². The van der Waals surface area contributed by atoms with Gasteiger partial charge in [-0.2, -0.15) is 0 Å². The quantitative estimate of drug-likeness (QED) is 0.883. The lowest BCUT2D eigenvalue weighted by Crippen LogP contribution is -2.45. The van der Waals surface area contributed by atoms with Crippen molar-refractivity contribution in [2.75, 3.05) is 18.6 Å². The maximum atomic E-state index is 12.1. The van der Waals surface area contributed by atoms with Gasteiger partial charge < -0.3 is 20.3 Å². The molecular weight excluding hydrogens is 270 g/mol. The van der Waals surface area contributed by atoms with Gasteiger partial charge >= 0.3 is 6.03 Å². The molecule has 2 rings (SSSR count). The number of carbonyl (C=O) groups is 2. The summed E-state index contributed by atoms with van der Waals surface area (Å²) in [6.45, 7) is 4.27. The third-order valence-corrected chi connectivity index (χ3v) is 3.26. The number of benzene rings is 1. The maximum absolute atomic E-state index is 12.1. The molecule has 0 bridgehead atoms. The average molecular weight is 291 g/mol. The van der Waals surface area contributed by atoms with Crippen LogP contribution in [0.2, 0.25) is 0 Å². The van der Waals surface area contributed by atoms with Crippen LogP contribution in [0.4, 0.5) is 10.5 Å². The lowest BCUT2D eigenvalue weighted by molar-refractivity contribution is -0.117. The summed E-state index contributed by atoms with van der Waals surface area (Å²) in [6.07, 6.45) is 0.317. The van der Waals surface area contributed by atoms with Crippen LogP contribution in [0.25, 0.3) is 0 Å². The van der Waals surface area contributed by atoms with Gasteiger partial charge in [-0.05, 0) is 38.1 Å². The highest BCUT2D eigenvalue weighted by Crippen LogP contribution is 2.24. The molecule has 0 spiro atoms. The third kappa shape index (κ3) is 3.87. The van der Waals surface area contributed by atoms with Crippen molar-refractivity contribution in [3.8, 4) is 5.75 Å². The molecule has 114 valence electrons. The van der Waals surface area contributed by atoms with Gasteiger partial charge in [-0.15, -0.1) is 0 Å². The Labute approximate surface area is 124 Å². The van der Waals surface area contributed by atoms with Crippen LogP contribution < -0.4 is 20.3 Å². The summed E-state index contributed by atoms with van der Waals surface area (Å²) in [4.78, 5) is 25.4. The molecule has 2 N–H and O–H groups in total. The van der Waals surface area contributed by atoms with E-state index in [1.807, 2.05) is 38.1 Å². The summed E-state index contributed by atoms with van der Waals surface area (Å²) in [5.41, 5.74) is 0.814. The number of anilines is 1. The SMILES string of the molecule is COc1ccc(N2CC(NC(=O)NC(C)C)CC2=O)cc1. The fraction of sp³-hybridized carbons (Fsp3) is 0.467. The van der Waals surface area contributed by atoms with Crippen LogP contribution in [0.3, 0.4) is 0 Å². The van der Waals surface area contributed by atoms with Crippen molar-refractivity contribution >= 4 is 17.6 Å². The highest BCUT2D eigenvalue weighted by Gasteiger charge is 2.31. The van der Waals surface area contributed by atoms with E-state index in [4.69, 9.17) is 4.74 Å². The van der Waals surface area contributed by atoms with Gasteiger partial charge in [0.2, 0.25) is 5.91 Å². The van der Waals surface area contributed by atoms with Crippen LogP contribution in [0, 0.1) is 0 Å². The normalized spacial score (nSPS) is 18.0. The summed E-state index contributed by atoms with van der Waals surface area (Å²) in [6, 6.07) is 6.97. The zero-order chi connectivity index (χ0) is 15.4. The Bertz CT molecular complexity index is 513. The van der Waals surface area contributed by atoms with Crippen LogP contribution in [-0.4, -0.2) is 37.7 Å². The highest BCUT2D eigenvalue weighted by molar-refractivity contribution is 5.96. The predicted molar refractivity (Wildman–Crippen MR) is 80.6 cm³/mol. The minimum atomic E-state index is -0.237. The summed E-state index contributed by atoms with van der Waals surface area (Å²) in [7, 11) is 1.60. The van der Waals surface area contributed by atoms with Crippen LogP contribution in [-0.2, 0) is 4.79 Å². The number of urea groups is 1. The van der Waals surface area contributed by atoms with Crippen molar-refractivity contribution in [2.45, 2.75) is 32.4 Å². The molecule has 0 aliphatic carbocycles. The van der Waals surface area contributed by atoms with Gasteiger partial charge in [0, 0.05) is 24.7 Å². The molecule has 0 radical (unpaired) electrons. The van der Waals surface area contributed by atoms with E-state index in [1.165, 1.54) is 0 Å². The number of ether oxygens (including phenoxy) is 1. The molecule has 1 unspecified atom stereocenters. The molecule has 1 atom stereocenters. The van der Waals surface area contributed by atoms with Crippen LogP contribution >= 0.6 is 0 Å². The molecule has 1 heterocycles. The number of hydrogen-bond acceptors (Lipinski definition) is 3. The van der Waals surface area contributed by atoms with Crippen molar-refractivity contribution in [2.24, 2.45) is 0 Å². The Morgan fingerprint density at radius 3 is 2.57 bits per heavy atom. The van der Waals surface area contributed by atoms with Gasteiger partial charge in [0.1, 0.15) is 5.75 Å². The predicted octanol–water partition coefficient (Wildman–Crippen LogP) is 1.51. The molecule has 1 saturated heterocycles. The largest absolute Gasteiger partial charge is 0.497 e. The number of hydrogen-bond donors (Lipinski definition) is 2. The monoisotopic (exact) mass is 291 g/mol. The van der Waals surface area contributed by atoms with Crippen LogP contribution in [0.5, 0.6) is 5.75 Å².